The van der Waals surface area contributed by atoms with Gasteiger partial charge in [0, 0.05) is 12.4 Å². The summed E-state index contributed by atoms with van der Waals surface area (Å²) in [4.78, 5) is 11.3. The molecule has 0 bridgehead atoms. The van der Waals surface area contributed by atoms with Gasteiger partial charge in [0.15, 0.2) is 11.6 Å². The van der Waals surface area contributed by atoms with Gasteiger partial charge in [-0.15, -0.1) is 0 Å². The molecule has 0 radical (unpaired) electrons. The molecule has 0 unspecified atom stereocenters. The van der Waals surface area contributed by atoms with Crippen molar-refractivity contribution in [2.24, 2.45) is 9.98 Å². The van der Waals surface area contributed by atoms with Crippen LogP contribution in [0.2, 0.25) is 0 Å². The van der Waals surface area contributed by atoms with Crippen LogP contribution in [0, 0.1) is 0 Å². The average Bonchev–Trinajstić information content (AvgIpc) is 3.10. The van der Waals surface area contributed by atoms with E-state index in [1.54, 1.807) is 24.3 Å². The third kappa shape index (κ3) is 7.33. The molecule has 4 aromatic carbocycles. The van der Waals surface area contributed by atoms with Crippen molar-refractivity contribution in [2.75, 3.05) is 0 Å². The molecule has 0 spiro atoms. The third-order valence-corrected chi connectivity index (χ3v) is 16.6. The second kappa shape index (κ2) is 14.1. The maximum atomic E-state index is 13.6. The van der Waals surface area contributed by atoms with Gasteiger partial charge in [-0.2, -0.15) is 0 Å². The van der Waals surface area contributed by atoms with Gasteiger partial charge < -0.3 is 0 Å². The van der Waals surface area contributed by atoms with Gasteiger partial charge in [-0.1, -0.05) is 78.9 Å². The lowest BCUT2D eigenvalue weighted by atomic mass is 10.4. The standard InChI is InChI=1S/C33H27N3O8S4/c37-45(38,26-14-5-1-6-15-26)32(46(39,40)27-16-7-2-8-17-27)24-34-30-22-13-23-31(36-30)35-25-33(47(41,42)28-18-9-3-10-19-28)48(43,44)29-20-11-4-12-21-29/h1-25,32-33H. The number of benzene rings is 4. The molecule has 48 heavy (non-hydrogen) atoms. The summed E-state index contributed by atoms with van der Waals surface area (Å²) < 4.78 is 105. The number of aromatic nitrogens is 1. The van der Waals surface area contributed by atoms with Gasteiger partial charge in [0.2, 0.25) is 48.5 Å². The highest BCUT2D eigenvalue weighted by Gasteiger charge is 2.40. The summed E-state index contributed by atoms with van der Waals surface area (Å²) in [7, 11) is -18.1. The minimum Gasteiger partial charge on any atom is -0.239 e. The Kier molecular flexibility index (Phi) is 10.1. The van der Waals surface area contributed by atoms with Crippen LogP contribution in [-0.4, -0.2) is 60.2 Å². The lowest BCUT2D eigenvalue weighted by Crippen LogP contribution is -2.32. The van der Waals surface area contributed by atoms with Crippen LogP contribution in [-0.2, 0) is 39.3 Å². The maximum absolute atomic E-state index is 13.6. The quantitative estimate of drug-likeness (QED) is 0.160. The molecule has 0 amide bonds. The first-order chi connectivity index (χ1) is 22.8. The third-order valence-electron chi connectivity index (χ3n) is 6.89. The SMILES string of the molecule is O=S(=O)(c1ccccc1)C(C=Nc1cccc(N=CC(S(=O)(=O)c2ccccc2)S(=O)(=O)c2ccccc2)n1)S(=O)(=O)c1ccccc1. The predicted octanol–water partition coefficient (Wildman–Crippen LogP) is 5.03. The Morgan fingerprint density at radius 3 is 0.875 bits per heavy atom. The number of rotatable bonds is 12. The largest absolute Gasteiger partial charge is 0.239 e. The lowest BCUT2D eigenvalue weighted by Gasteiger charge is -2.15. The first-order valence-electron chi connectivity index (χ1n) is 14.1. The molecule has 5 rings (SSSR count). The van der Waals surface area contributed by atoms with E-state index in [1.165, 1.54) is 115 Å². The van der Waals surface area contributed by atoms with Gasteiger partial charge in [-0.05, 0) is 60.7 Å². The van der Waals surface area contributed by atoms with E-state index in [-0.39, 0.29) is 31.2 Å². The van der Waals surface area contributed by atoms with Crippen LogP contribution in [0.1, 0.15) is 0 Å². The number of hydrogen-bond donors (Lipinski definition) is 0. The number of aliphatic imine (C=N–C) groups is 2. The van der Waals surface area contributed by atoms with Crippen LogP contribution in [0.5, 0.6) is 0 Å². The Hall–Kier alpha value is -4.83. The summed E-state index contributed by atoms with van der Waals surface area (Å²) in [5.74, 6) is -0.343. The fourth-order valence-corrected chi connectivity index (χ4v) is 12.6. The molecule has 0 atom stereocenters. The number of hydrogen-bond acceptors (Lipinski definition) is 11. The number of sulfone groups is 4. The van der Waals surface area contributed by atoms with Crippen LogP contribution < -0.4 is 0 Å². The molecule has 0 aliphatic heterocycles. The van der Waals surface area contributed by atoms with Gasteiger partial charge in [0.25, 0.3) is 0 Å². The Bertz CT molecular complexity index is 2080. The zero-order valence-corrected chi connectivity index (χ0v) is 28.1. The van der Waals surface area contributed by atoms with Crippen molar-refractivity contribution in [3.8, 4) is 0 Å². The molecule has 0 fully saturated rings. The molecular formula is C33H27N3O8S4. The summed E-state index contributed by atoms with van der Waals surface area (Å²) in [6, 6.07) is 32.3. The normalized spacial score (nSPS) is 13.0. The molecule has 1 heterocycles. The maximum Gasteiger partial charge on any atom is 0.206 e. The van der Waals surface area contributed by atoms with Crippen LogP contribution in [0.4, 0.5) is 11.6 Å². The molecule has 0 saturated heterocycles. The van der Waals surface area contributed by atoms with E-state index in [4.69, 9.17) is 0 Å². The lowest BCUT2D eigenvalue weighted by molar-refractivity contribution is 0.581. The van der Waals surface area contributed by atoms with E-state index in [0.29, 0.717) is 0 Å². The molecule has 15 heteroatoms. The van der Waals surface area contributed by atoms with E-state index in [0.717, 1.165) is 12.4 Å². The zero-order valence-electron chi connectivity index (χ0n) is 24.8. The second-order valence-corrected chi connectivity index (χ2v) is 19.0. The van der Waals surface area contributed by atoms with Crippen LogP contribution >= 0.6 is 0 Å². The molecule has 1 aromatic heterocycles. The van der Waals surface area contributed by atoms with E-state index < -0.39 is 48.5 Å². The molecule has 0 aliphatic carbocycles. The van der Waals surface area contributed by atoms with Crippen molar-refractivity contribution in [3.05, 3.63) is 140 Å². The Morgan fingerprint density at radius 2 is 0.625 bits per heavy atom. The van der Waals surface area contributed by atoms with Crippen molar-refractivity contribution < 1.29 is 33.7 Å². The smallest absolute Gasteiger partial charge is 0.206 e. The average molecular weight is 722 g/mol. The van der Waals surface area contributed by atoms with E-state index in [2.05, 4.69) is 15.0 Å². The highest BCUT2D eigenvalue weighted by Crippen LogP contribution is 2.27. The van der Waals surface area contributed by atoms with Crippen molar-refractivity contribution in [3.63, 3.8) is 0 Å². The van der Waals surface area contributed by atoms with E-state index in [1.807, 2.05) is 0 Å². The minimum atomic E-state index is -4.52. The topological polar surface area (TPSA) is 174 Å². The molecule has 0 N–H and O–H groups in total. The summed E-state index contributed by atoms with van der Waals surface area (Å²) >= 11 is 0. The van der Waals surface area contributed by atoms with Gasteiger partial charge in [-0.25, -0.2) is 48.6 Å². The highest BCUT2D eigenvalue weighted by molar-refractivity contribution is 8.10. The molecule has 5 aromatic rings. The summed E-state index contributed by atoms with van der Waals surface area (Å²) in [5.41, 5.74) is 0. The van der Waals surface area contributed by atoms with Gasteiger partial charge in [-0.3, -0.25) is 0 Å². The van der Waals surface area contributed by atoms with Crippen molar-refractivity contribution in [1.82, 2.24) is 4.98 Å². The van der Waals surface area contributed by atoms with Gasteiger partial charge in [0.05, 0.1) is 19.6 Å². The van der Waals surface area contributed by atoms with Crippen LogP contribution in [0.15, 0.2) is 169 Å². The Morgan fingerprint density at radius 1 is 0.375 bits per heavy atom. The van der Waals surface area contributed by atoms with E-state index in [9.17, 15) is 33.7 Å². The molecule has 0 saturated carbocycles. The highest BCUT2D eigenvalue weighted by atomic mass is 32.3. The van der Waals surface area contributed by atoms with Crippen molar-refractivity contribution in [1.29, 1.82) is 0 Å². The summed E-state index contributed by atoms with van der Waals surface area (Å²) in [6.45, 7) is 0. The first-order valence-corrected chi connectivity index (χ1v) is 20.2. The minimum absolute atomic E-state index is 0.172. The fraction of sp³-hybridized carbons (Fsp3) is 0.0606. The van der Waals surface area contributed by atoms with E-state index >= 15 is 0 Å². The molecule has 246 valence electrons. The number of nitrogens with zero attached hydrogens (tertiary/aromatic N) is 3. The van der Waals surface area contributed by atoms with Crippen molar-refractivity contribution >= 4 is 63.4 Å². The second-order valence-electron chi connectivity index (χ2n) is 10.1. The monoisotopic (exact) mass is 721 g/mol. The zero-order chi connectivity index (χ0) is 34.4. The fourth-order valence-electron chi connectivity index (χ4n) is 4.46. The van der Waals surface area contributed by atoms with Gasteiger partial charge in [0.1, 0.15) is 0 Å². The summed E-state index contributed by atoms with van der Waals surface area (Å²) in [6.07, 6.45) is 1.51. The van der Waals surface area contributed by atoms with Gasteiger partial charge >= 0.3 is 0 Å². The number of pyridine rings is 1. The molecule has 0 aliphatic rings. The van der Waals surface area contributed by atoms with Crippen LogP contribution in [0.3, 0.4) is 0 Å². The predicted molar refractivity (Wildman–Crippen MR) is 183 cm³/mol. The molecule has 11 nitrogen and oxygen atoms in total. The summed E-state index contributed by atoms with van der Waals surface area (Å²) in [5, 5.41) is 0. The Balaban J connectivity index is 1.54. The first kappa shape index (κ1) is 34.5. The van der Waals surface area contributed by atoms with Crippen molar-refractivity contribution in [2.45, 2.75) is 28.7 Å². The molecular weight excluding hydrogens is 695 g/mol. The Labute approximate surface area is 279 Å². The van der Waals surface area contributed by atoms with Crippen LogP contribution in [0.25, 0.3) is 0 Å².